The lowest BCUT2D eigenvalue weighted by atomic mass is 9.95. The smallest absolute Gasteiger partial charge is 0.345 e. The monoisotopic (exact) mass is 595 g/mol. The Morgan fingerprint density at radius 1 is 0.977 bits per heavy atom. The molecule has 1 aromatic carbocycles. The summed E-state index contributed by atoms with van der Waals surface area (Å²) in [6.45, 7) is 0.288. The number of amides is 1. The maximum Gasteiger partial charge on any atom is 0.433 e. The average Bonchev–Trinajstić information content (AvgIpc) is 3.60. The lowest BCUT2D eigenvalue weighted by Gasteiger charge is -2.11. The number of aromatic nitrogens is 6. The molecule has 0 bridgehead atoms. The van der Waals surface area contributed by atoms with Crippen LogP contribution in [0.5, 0.6) is 0 Å². The van der Waals surface area contributed by atoms with Crippen LogP contribution in [0.25, 0.3) is 5.57 Å². The van der Waals surface area contributed by atoms with Gasteiger partial charge in [0.1, 0.15) is 17.3 Å². The summed E-state index contributed by atoms with van der Waals surface area (Å²) in [4.78, 5) is 15.9. The third kappa shape index (κ3) is 6.45. The van der Waals surface area contributed by atoms with E-state index < -0.39 is 29.4 Å². The molecule has 8 nitrogen and oxygen atoms in total. The summed E-state index contributed by atoms with van der Waals surface area (Å²) in [5.41, 5.74) is 3.84. The van der Waals surface area contributed by atoms with Gasteiger partial charge in [-0.3, -0.25) is 9.48 Å². The largest absolute Gasteiger partial charge is 0.433 e. The Kier molecular flexibility index (Phi) is 7.72. The van der Waals surface area contributed by atoms with Gasteiger partial charge in [0.05, 0.1) is 29.8 Å². The molecule has 0 aliphatic heterocycles. The van der Waals surface area contributed by atoms with E-state index in [1.54, 1.807) is 0 Å². The van der Waals surface area contributed by atoms with Gasteiger partial charge < -0.3 is 5.32 Å². The molecule has 2 aliphatic rings. The summed E-state index contributed by atoms with van der Waals surface area (Å²) < 4.78 is 68.5. The molecular weight excluding hydrogens is 569 g/mol. The first-order chi connectivity index (χ1) is 20.7. The van der Waals surface area contributed by atoms with Crippen molar-refractivity contribution >= 4 is 11.5 Å². The molecule has 6 rings (SSSR count). The second-order valence-corrected chi connectivity index (χ2v) is 10.7. The van der Waals surface area contributed by atoms with Crippen LogP contribution in [0.1, 0.15) is 70.1 Å². The van der Waals surface area contributed by atoms with Crippen LogP contribution in [0, 0.1) is 17.6 Å². The van der Waals surface area contributed by atoms with Crippen molar-refractivity contribution < 1.29 is 26.7 Å². The average molecular weight is 596 g/mol. The Labute approximate surface area is 243 Å². The third-order valence-corrected chi connectivity index (χ3v) is 7.51. The molecule has 13 heteroatoms. The van der Waals surface area contributed by atoms with E-state index in [0.29, 0.717) is 37.3 Å². The van der Waals surface area contributed by atoms with E-state index in [9.17, 15) is 26.7 Å². The van der Waals surface area contributed by atoms with Crippen LogP contribution >= 0.6 is 0 Å². The number of nitrogens with one attached hydrogen (secondary N) is 1. The summed E-state index contributed by atoms with van der Waals surface area (Å²) in [5.74, 6) is -1.39. The number of allylic oxidation sites excluding steroid dienone is 1. The highest BCUT2D eigenvalue weighted by Crippen LogP contribution is 2.48. The lowest BCUT2D eigenvalue weighted by molar-refractivity contribution is -0.141. The predicted octanol–water partition coefficient (Wildman–Crippen LogP) is 5.48. The molecule has 2 aliphatic carbocycles. The molecule has 4 aromatic rings. The molecule has 3 aromatic heterocycles. The van der Waals surface area contributed by atoms with Crippen LogP contribution in [0.3, 0.4) is 0 Å². The number of pyridine rings is 1. The van der Waals surface area contributed by atoms with Gasteiger partial charge >= 0.3 is 6.18 Å². The standard InChI is InChI=1S/C30H26F5N7O/c31-18-9-10-21(24(32)12-18)28-22(17-7-8-17)14-25-23(28)13-19(38-39-25)4-1-2-11-42-16-26(40-41-42)29(43)36-15-20-5-3-6-27(37-20)30(33,34)35/h3,5-6,9-10,12-13,16-17H,1-2,4,7-8,11,14-15H2,(H,36,43). The molecule has 0 atom stereocenters. The van der Waals surface area contributed by atoms with Crippen molar-refractivity contribution in [2.24, 2.45) is 5.92 Å². The number of hydrogen-bond donors (Lipinski definition) is 1. The van der Waals surface area contributed by atoms with Gasteiger partial charge in [-0.15, -0.1) is 5.10 Å². The summed E-state index contributed by atoms with van der Waals surface area (Å²) >= 11 is 0. The summed E-state index contributed by atoms with van der Waals surface area (Å²) in [6.07, 6.45) is 1.66. The SMILES string of the molecule is O=C(NCc1cccc(C(F)(F)F)n1)c1cn(CCCCc2cc3c(nn2)CC(C2CC2)=C3c2ccc(F)cc2F)nn1. The topological polar surface area (TPSA) is 98.5 Å². The van der Waals surface area contributed by atoms with E-state index in [4.69, 9.17) is 0 Å². The van der Waals surface area contributed by atoms with Crippen molar-refractivity contribution in [3.63, 3.8) is 0 Å². The van der Waals surface area contributed by atoms with Gasteiger partial charge in [0.15, 0.2) is 5.69 Å². The number of unbranched alkanes of at least 4 members (excludes halogenated alkanes) is 1. The molecule has 0 saturated heterocycles. The van der Waals surface area contributed by atoms with Gasteiger partial charge in [0, 0.05) is 30.2 Å². The molecule has 222 valence electrons. The van der Waals surface area contributed by atoms with Gasteiger partial charge in [-0.25, -0.2) is 13.8 Å². The number of carbonyl (C=O) groups is 1. The minimum atomic E-state index is -4.57. The highest BCUT2D eigenvalue weighted by molar-refractivity contribution is 5.91. The Hall–Kier alpha value is -4.55. The van der Waals surface area contributed by atoms with Crippen molar-refractivity contribution in [1.82, 2.24) is 35.5 Å². The summed E-state index contributed by atoms with van der Waals surface area (Å²) in [7, 11) is 0. The summed E-state index contributed by atoms with van der Waals surface area (Å²) in [6, 6.07) is 9.11. The zero-order chi connectivity index (χ0) is 30.1. The molecule has 0 spiro atoms. The number of halogens is 5. The molecule has 43 heavy (non-hydrogen) atoms. The van der Waals surface area contributed by atoms with Gasteiger partial charge in [0.25, 0.3) is 5.91 Å². The molecule has 1 N–H and O–H groups in total. The zero-order valence-corrected chi connectivity index (χ0v) is 22.8. The fraction of sp³-hybridized carbons (Fsp3) is 0.333. The van der Waals surface area contributed by atoms with Crippen LogP contribution in [0.2, 0.25) is 0 Å². The maximum absolute atomic E-state index is 14.8. The van der Waals surface area contributed by atoms with Crippen LogP contribution in [-0.4, -0.2) is 36.1 Å². The molecule has 1 fully saturated rings. The number of rotatable bonds is 10. The Morgan fingerprint density at radius 2 is 1.81 bits per heavy atom. The van der Waals surface area contributed by atoms with E-state index >= 15 is 0 Å². The Bertz CT molecular complexity index is 1710. The fourth-order valence-electron chi connectivity index (χ4n) is 5.25. The first-order valence-corrected chi connectivity index (χ1v) is 13.9. The van der Waals surface area contributed by atoms with Crippen LogP contribution < -0.4 is 5.32 Å². The molecule has 3 heterocycles. The van der Waals surface area contributed by atoms with Crippen LogP contribution in [-0.2, 0) is 32.1 Å². The maximum atomic E-state index is 14.8. The van der Waals surface area contributed by atoms with Gasteiger partial charge in [-0.2, -0.15) is 23.4 Å². The summed E-state index contributed by atoms with van der Waals surface area (Å²) in [5, 5.41) is 19.1. The fourth-order valence-corrected chi connectivity index (χ4v) is 5.25. The van der Waals surface area contributed by atoms with Crippen molar-refractivity contribution in [3.05, 3.63) is 105 Å². The Morgan fingerprint density at radius 3 is 2.58 bits per heavy atom. The third-order valence-electron chi connectivity index (χ3n) is 7.51. The van der Waals surface area contributed by atoms with E-state index in [-0.39, 0.29) is 17.9 Å². The van der Waals surface area contributed by atoms with E-state index in [2.05, 4.69) is 30.8 Å². The highest BCUT2D eigenvalue weighted by Gasteiger charge is 2.36. The zero-order valence-electron chi connectivity index (χ0n) is 22.8. The molecular formula is C30H26F5N7O. The van der Waals surface area contributed by atoms with Crippen LogP contribution in [0.4, 0.5) is 22.0 Å². The second kappa shape index (κ2) is 11.6. The van der Waals surface area contributed by atoms with Crippen molar-refractivity contribution in [2.75, 3.05) is 0 Å². The minimum absolute atomic E-state index is 0.0373. The molecule has 1 amide bonds. The minimum Gasteiger partial charge on any atom is -0.345 e. The number of fused-ring (bicyclic) bond motifs is 1. The van der Waals surface area contributed by atoms with Crippen molar-refractivity contribution in [2.45, 2.75) is 57.8 Å². The van der Waals surface area contributed by atoms with E-state index in [1.807, 2.05) is 6.07 Å². The number of aryl methyl sites for hydroxylation is 2. The molecule has 1 saturated carbocycles. The van der Waals surface area contributed by atoms with E-state index in [1.165, 1.54) is 35.1 Å². The quantitative estimate of drug-likeness (QED) is 0.193. The molecule has 0 radical (unpaired) electrons. The highest BCUT2D eigenvalue weighted by atomic mass is 19.4. The van der Waals surface area contributed by atoms with Gasteiger partial charge in [-0.05, 0) is 73.9 Å². The van der Waals surface area contributed by atoms with E-state index in [0.717, 1.165) is 59.5 Å². The first kappa shape index (κ1) is 28.6. The number of hydrogen-bond acceptors (Lipinski definition) is 6. The van der Waals surface area contributed by atoms with Gasteiger partial charge in [-0.1, -0.05) is 16.9 Å². The van der Waals surface area contributed by atoms with Crippen molar-refractivity contribution in [3.8, 4) is 0 Å². The van der Waals surface area contributed by atoms with Gasteiger partial charge in [0.2, 0.25) is 0 Å². The Balaban J connectivity index is 1.04. The second-order valence-electron chi connectivity index (χ2n) is 10.7. The number of alkyl halides is 3. The number of nitrogens with zero attached hydrogens (tertiary/aromatic N) is 6. The lowest BCUT2D eigenvalue weighted by Crippen LogP contribution is -2.24. The predicted molar refractivity (Wildman–Crippen MR) is 144 cm³/mol. The molecule has 0 unspecified atom stereocenters. The number of benzene rings is 1. The first-order valence-electron chi connectivity index (χ1n) is 13.9. The van der Waals surface area contributed by atoms with Crippen molar-refractivity contribution in [1.29, 1.82) is 0 Å². The number of carbonyl (C=O) groups excluding carboxylic acids is 1. The normalized spacial score (nSPS) is 14.7. The van der Waals surface area contributed by atoms with Crippen LogP contribution in [0.15, 0.2) is 54.2 Å².